The van der Waals surface area contributed by atoms with Crippen LogP contribution in [0.2, 0.25) is 0 Å². The van der Waals surface area contributed by atoms with Crippen LogP contribution in [0.15, 0.2) is 83.5 Å². The van der Waals surface area contributed by atoms with Gasteiger partial charge < -0.3 is 9.47 Å². The SMILES string of the molecule is Cc1c(C2=N/C(=C\c3ccc(OCCc4ccccc4)cc3)C(=O)O2)cccc1[N+](=O)[O-]. The van der Waals surface area contributed by atoms with Crippen LogP contribution in [0.4, 0.5) is 5.69 Å². The maximum Gasteiger partial charge on any atom is 0.363 e. The molecular formula is C25H20N2O5. The number of cyclic esters (lactones) is 1. The highest BCUT2D eigenvalue weighted by atomic mass is 16.6. The van der Waals surface area contributed by atoms with Gasteiger partial charge >= 0.3 is 5.97 Å². The van der Waals surface area contributed by atoms with Crippen molar-refractivity contribution in [2.24, 2.45) is 4.99 Å². The third-order valence-corrected chi connectivity index (χ3v) is 5.04. The second-order valence-electron chi connectivity index (χ2n) is 7.20. The van der Waals surface area contributed by atoms with Crippen LogP contribution in [-0.2, 0) is 16.0 Å². The van der Waals surface area contributed by atoms with Crippen LogP contribution in [0.5, 0.6) is 5.75 Å². The zero-order valence-corrected chi connectivity index (χ0v) is 17.4. The molecule has 0 N–H and O–H groups in total. The molecule has 0 unspecified atom stereocenters. The first-order valence-corrected chi connectivity index (χ1v) is 10.0. The molecule has 7 heteroatoms. The molecule has 1 heterocycles. The number of ether oxygens (including phenoxy) is 2. The number of nitro benzene ring substituents is 1. The molecule has 3 aromatic rings. The summed E-state index contributed by atoms with van der Waals surface area (Å²) >= 11 is 0. The van der Waals surface area contributed by atoms with E-state index < -0.39 is 10.9 Å². The van der Waals surface area contributed by atoms with Crippen molar-refractivity contribution < 1.29 is 19.2 Å². The normalized spacial score (nSPS) is 14.2. The van der Waals surface area contributed by atoms with Gasteiger partial charge in [-0.05, 0) is 42.3 Å². The fourth-order valence-corrected chi connectivity index (χ4v) is 3.33. The van der Waals surface area contributed by atoms with Crippen LogP contribution in [-0.4, -0.2) is 23.4 Å². The third-order valence-electron chi connectivity index (χ3n) is 5.04. The largest absolute Gasteiger partial charge is 0.493 e. The van der Waals surface area contributed by atoms with Crippen molar-refractivity contribution in [1.29, 1.82) is 0 Å². The Kier molecular flexibility index (Phi) is 6.07. The molecule has 0 aromatic heterocycles. The first-order chi connectivity index (χ1) is 15.5. The Bertz CT molecular complexity index is 1210. The maximum atomic E-state index is 12.3. The summed E-state index contributed by atoms with van der Waals surface area (Å²) in [6, 6.07) is 22.0. The minimum Gasteiger partial charge on any atom is -0.493 e. The number of carbonyl (C=O) groups excluding carboxylic acids is 1. The van der Waals surface area contributed by atoms with Gasteiger partial charge in [0.2, 0.25) is 5.90 Å². The molecule has 0 saturated carbocycles. The van der Waals surface area contributed by atoms with E-state index >= 15 is 0 Å². The van der Waals surface area contributed by atoms with Crippen LogP contribution < -0.4 is 4.74 Å². The fourth-order valence-electron chi connectivity index (χ4n) is 3.33. The lowest BCUT2D eigenvalue weighted by Gasteiger charge is -2.06. The Morgan fingerprint density at radius 2 is 1.78 bits per heavy atom. The second kappa shape index (κ2) is 9.26. The number of esters is 1. The van der Waals surface area contributed by atoms with Crippen molar-refractivity contribution >= 4 is 23.6 Å². The average Bonchev–Trinajstić information content (AvgIpc) is 3.15. The van der Waals surface area contributed by atoms with Crippen molar-refractivity contribution in [3.63, 3.8) is 0 Å². The number of carbonyl (C=O) groups is 1. The molecule has 0 atom stereocenters. The van der Waals surface area contributed by atoms with E-state index in [-0.39, 0.29) is 17.3 Å². The summed E-state index contributed by atoms with van der Waals surface area (Å²) in [5.41, 5.74) is 2.85. The van der Waals surface area contributed by atoms with Crippen molar-refractivity contribution in [1.82, 2.24) is 0 Å². The van der Waals surface area contributed by atoms with Gasteiger partial charge in [0.1, 0.15) is 5.75 Å². The molecule has 1 aliphatic rings. The molecule has 3 aromatic carbocycles. The maximum absolute atomic E-state index is 12.3. The number of benzene rings is 3. The molecule has 1 aliphatic heterocycles. The highest BCUT2D eigenvalue weighted by molar-refractivity contribution is 6.13. The fraction of sp³-hybridized carbons (Fsp3) is 0.120. The van der Waals surface area contributed by atoms with Gasteiger partial charge in [0.15, 0.2) is 5.70 Å². The van der Waals surface area contributed by atoms with E-state index in [2.05, 4.69) is 17.1 Å². The predicted molar refractivity (Wildman–Crippen MR) is 121 cm³/mol. The molecule has 7 nitrogen and oxygen atoms in total. The molecular weight excluding hydrogens is 408 g/mol. The smallest absolute Gasteiger partial charge is 0.363 e. The monoisotopic (exact) mass is 428 g/mol. The summed E-state index contributed by atoms with van der Waals surface area (Å²) in [6.07, 6.45) is 2.42. The molecule has 0 fully saturated rings. The molecule has 0 radical (unpaired) electrons. The van der Waals surface area contributed by atoms with Crippen molar-refractivity contribution in [2.75, 3.05) is 6.61 Å². The lowest BCUT2D eigenvalue weighted by molar-refractivity contribution is -0.385. The molecule has 0 aliphatic carbocycles. The van der Waals surface area contributed by atoms with E-state index in [0.29, 0.717) is 17.7 Å². The summed E-state index contributed by atoms with van der Waals surface area (Å²) in [5.74, 6) is 0.186. The Morgan fingerprint density at radius 1 is 1.03 bits per heavy atom. The highest BCUT2D eigenvalue weighted by Crippen LogP contribution is 2.26. The first-order valence-electron chi connectivity index (χ1n) is 10.0. The predicted octanol–water partition coefficient (Wildman–Crippen LogP) is 4.87. The summed E-state index contributed by atoms with van der Waals surface area (Å²) in [6.45, 7) is 2.16. The minimum absolute atomic E-state index is 0.0541. The van der Waals surface area contributed by atoms with E-state index in [9.17, 15) is 14.9 Å². The summed E-state index contributed by atoms with van der Waals surface area (Å²) in [7, 11) is 0. The van der Waals surface area contributed by atoms with Crippen LogP contribution in [0.3, 0.4) is 0 Å². The van der Waals surface area contributed by atoms with Crippen LogP contribution in [0.1, 0.15) is 22.3 Å². The average molecular weight is 428 g/mol. The van der Waals surface area contributed by atoms with Crippen molar-refractivity contribution in [3.05, 3.63) is 111 Å². The van der Waals surface area contributed by atoms with Gasteiger partial charge in [-0.25, -0.2) is 9.79 Å². The van der Waals surface area contributed by atoms with Crippen LogP contribution >= 0.6 is 0 Å². The lowest BCUT2D eigenvalue weighted by atomic mass is 10.1. The van der Waals surface area contributed by atoms with E-state index in [1.54, 1.807) is 19.1 Å². The Labute approximate surface area is 184 Å². The lowest BCUT2D eigenvalue weighted by Crippen LogP contribution is -2.08. The van der Waals surface area contributed by atoms with Crippen LogP contribution in [0, 0.1) is 17.0 Å². The van der Waals surface area contributed by atoms with Gasteiger partial charge in [0.25, 0.3) is 5.69 Å². The number of hydrogen-bond donors (Lipinski definition) is 0. The highest BCUT2D eigenvalue weighted by Gasteiger charge is 2.27. The molecule has 0 spiro atoms. The zero-order chi connectivity index (χ0) is 22.5. The van der Waals surface area contributed by atoms with E-state index in [1.807, 2.05) is 42.5 Å². The minimum atomic E-state index is -0.603. The molecule has 32 heavy (non-hydrogen) atoms. The first kappa shape index (κ1) is 21.0. The molecule has 0 amide bonds. The van der Waals surface area contributed by atoms with Gasteiger partial charge in [-0.2, -0.15) is 0 Å². The topological polar surface area (TPSA) is 91.0 Å². The summed E-state index contributed by atoms with van der Waals surface area (Å²) < 4.78 is 11.0. The van der Waals surface area contributed by atoms with Gasteiger partial charge in [-0.3, -0.25) is 10.1 Å². The molecule has 0 saturated heterocycles. The second-order valence-corrected chi connectivity index (χ2v) is 7.20. The van der Waals surface area contributed by atoms with Gasteiger partial charge in [-0.1, -0.05) is 48.5 Å². The van der Waals surface area contributed by atoms with Crippen molar-refractivity contribution in [3.8, 4) is 5.75 Å². The molecule has 4 rings (SSSR count). The van der Waals surface area contributed by atoms with Gasteiger partial charge in [0.05, 0.1) is 11.5 Å². The Morgan fingerprint density at radius 3 is 2.50 bits per heavy atom. The summed E-state index contributed by atoms with van der Waals surface area (Å²) in [4.78, 5) is 27.2. The summed E-state index contributed by atoms with van der Waals surface area (Å²) in [5, 5.41) is 11.2. The molecule has 0 bridgehead atoms. The Hall–Kier alpha value is -4.26. The van der Waals surface area contributed by atoms with E-state index in [4.69, 9.17) is 9.47 Å². The number of hydrogen-bond acceptors (Lipinski definition) is 6. The van der Waals surface area contributed by atoms with E-state index in [1.165, 1.54) is 17.7 Å². The van der Waals surface area contributed by atoms with Crippen molar-refractivity contribution in [2.45, 2.75) is 13.3 Å². The third kappa shape index (κ3) is 4.73. The molecule has 160 valence electrons. The van der Waals surface area contributed by atoms with Gasteiger partial charge in [-0.15, -0.1) is 0 Å². The van der Waals surface area contributed by atoms with Gasteiger partial charge in [0, 0.05) is 23.6 Å². The van der Waals surface area contributed by atoms with E-state index in [0.717, 1.165) is 17.7 Å². The quantitative estimate of drug-likeness (QED) is 0.232. The Balaban J connectivity index is 1.45. The number of nitrogens with zero attached hydrogens (tertiary/aromatic N) is 2. The zero-order valence-electron chi connectivity index (χ0n) is 17.4. The standard InChI is InChI=1S/C25H20N2O5/c1-17-21(8-5-9-23(17)27(29)30)24-26-22(25(28)32-24)16-19-10-12-20(13-11-19)31-15-14-18-6-3-2-4-7-18/h2-13,16H,14-15H2,1H3/b22-16-. The number of nitro groups is 1. The number of rotatable bonds is 7. The number of aliphatic imine (C=N–C) groups is 1. The van der Waals surface area contributed by atoms with Crippen LogP contribution in [0.25, 0.3) is 6.08 Å².